The highest BCUT2D eigenvalue weighted by atomic mass is 35.5. The van der Waals surface area contributed by atoms with E-state index < -0.39 is 0 Å². The number of amides is 1. The average molecular weight is 371 g/mol. The normalized spacial score (nSPS) is 15.3. The first-order chi connectivity index (χ1) is 12.6. The van der Waals surface area contributed by atoms with Gasteiger partial charge >= 0.3 is 0 Å². The average Bonchev–Trinajstić information content (AvgIpc) is 3.05. The van der Waals surface area contributed by atoms with E-state index >= 15 is 0 Å². The Bertz CT molecular complexity index is 963. The first-order valence-corrected chi connectivity index (χ1v) is 9.15. The largest absolute Gasteiger partial charge is 0.506 e. The first-order valence-electron chi connectivity index (χ1n) is 8.77. The zero-order valence-electron chi connectivity index (χ0n) is 14.2. The lowest BCUT2D eigenvalue weighted by Crippen LogP contribution is -2.24. The second-order valence-corrected chi connectivity index (χ2v) is 7.09. The molecule has 1 heterocycles. The Kier molecular flexibility index (Phi) is 4.51. The van der Waals surface area contributed by atoms with Crippen LogP contribution in [0, 0.1) is 5.92 Å². The number of aromatic nitrogens is 3. The van der Waals surface area contributed by atoms with E-state index in [0.29, 0.717) is 27.4 Å². The van der Waals surface area contributed by atoms with Crippen molar-refractivity contribution in [1.82, 2.24) is 15.0 Å². The van der Waals surface area contributed by atoms with Crippen molar-refractivity contribution in [3.05, 3.63) is 41.4 Å². The molecule has 0 saturated heterocycles. The van der Waals surface area contributed by atoms with Crippen molar-refractivity contribution in [2.45, 2.75) is 32.1 Å². The molecule has 0 radical (unpaired) electrons. The Hall–Kier alpha value is -2.60. The molecule has 2 aromatic carbocycles. The molecule has 6 nitrogen and oxygen atoms in total. The zero-order chi connectivity index (χ0) is 18.1. The smallest absolute Gasteiger partial charge is 0.227 e. The fourth-order valence-corrected chi connectivity index (χ4v) is 3.54. The van der Waals surface area contributed by atoms with Crippen molar-refractivity contribution in [2.24, 2.45) is 5.92 Å². The Morgan fingerprint density at radius 1 is 1.08 bits per heavy atom. The minimum Gasteiger partial charge on any atom is -0.506 e. The molecule has 7 heteroatoms. The lowest BCUT2D eigenvalue weighted by molar-refractivity contribution is -0.120. The zero-order valence-corrected chi connectivity index (χ0v) is 14.9. The van der Waals surface area contributed by atoms with Crippen LogP contribution in [0.15, 0.2) is 36.4 Å². The Balaban J connectivity index is 1.55. The summed E-state index contributed by atoms with van der Waals surface area (Å²) in [4.78, 5) is 13.7. The van der Waals surface area contributed by atoms with Gasteiger partial charge in [-0.25, -0.2) is 0 Å². The topological polar surface area (TPSA) is 80.0 Å². The SMILES string of the molecule is O=C(Nc1ccc(-n2nc3ccc(Cl)cc3n2)c(O)c1)C1CCCCC1. The Labute approximate surface area is 155 Å². The minimum absolute atomic E-state index is 0.00199. The van der Waals surface area contributed by atoms with E-state index in [2.05, 4.69) is 15.5 Å². The molecule has 0 spiro atoms. The van der Waals surface area contributed by atoms with Gasteiger partial charge in [-0.15, -0.1) is 15.0 Å². The van der Waals surface area contributed by atoms with E-state index in [4.69, 9.17) is 11.6 Å². The number of phenols is 1. The summed E-state index contributed by atoms with van der Waals surface area (Å²) < 4.78 is 0. The third-order valence-corrected chi connectivity index (χ3v) is 5.01. The van der Waals surface area contributed by atoms with Crippen molar-refractivity contribution >= 4 is 34.2 Å². The number of carbonyl (C=O) groups excluding carboxylic acids is 1. The lowest BCUT2D eigenvalue weighted by Gasteiger charge is -2.20. The van der Waals surface area contributed by atoms with Crippen molar-refractivity contribution in [1.29, 1.82) is 0 Å². The molecule has 0 unspecified atom stereocenters. The van der Waals surface area contributed by atoms with Gasteiger partial charge in [0.2, 0.25) is 5.91 Å². The molecule has 0 aliphatic heterocycles. The first kappa shape index (κ1) is 16.8. The molecule has 1 fully saturated rings. The molecule has 3 aromatic rings. The fourth-order valence-electron chi connectivity index (χ4n) is 3.37. The molecular weight excluding hydrogens is 352 g/mol. The highest BCUT2D eigenvalue weighted by Gasteiger charge is 2.21. The van der Waals surface area contributed by atoms with Gasteiger partial charge in [0.1, 0.15) is 22.5 Å². The van der Waals surface area contributed by atoms with Crippen LogP contribution >= 0.6 is 11.6 Å². The predicted octanol–water partition coefficient (Wildman–Crippen LogP) is 4.30. The predicted molar refractivity (Wildman–Crippen MR) is 101 cm³/mol. The molecule has 26 heavy (non-hydrogen) atoms. The number of halogens is 1. The van der Waals surface area contributed by atoms with Crippen LogP contribution in [0.3, 0.4) is 0 Å². The number of fused-ring (bicyclic) bond motifs is 1. The van der Waals surface area contributed by atoms with E-state index in [1.165, 1.54) is 17.3 Å². The summed E-state index contributed by atoms with van der Waals surface area (Å²) in [6, 6.07) is 10.2. The van der Waals surface area contributed by atoms with E-state index in [1.54, 1.807) is 30.3 Å². The number of anilines is 1. The standard InChI is InChI=1S/C19H19ClN4O2/c20-13-6-8-15-16(10-13)23-24(22-15)17-9-7-14(11-18(17)25)21-19(26)12-4-2-1-3-5-12/h6-12,25H,1-5H2,(H,21,26). The molecule has 1 saturated carbocycles. The van der Waals surface area contributed by atoms with Gasteiger partial charge in [-0.3, -0.25) is 4.79 Å². The van der Waals surface area contributed by atoms with Gasteiger partial charge in [-0.05, 0) is 43.2 Å². The summed E-state index contributed by atoms with van der Waals surface area (Å²) in [7, 11) is 0. The number of carbonyl (C=O) groups is 1. The van der Waals surface area contributed by atoms with E-state index in [1.807, 2.05) is 0 Å². The number of nitrogens with zero attached hydrogens (tertiary/aromatic N) is 3. The van der Waals surface area contributed by atoms with Crippen LogP contribution in [0.4, 0.5) is 5.69 Å². The van der Waals surface area contributed by atoms with Crippen molar-refractivity contribution in [3.63, 3.8) is 0 Å². The third-order valence-electron chi connectivity index (χ3n) is 4.78. The molecule has 0 bridgehead atoms. The third kappa shape index (κ3) is 3.37. The monoisotopic (exact) mass is 370 g/mol. The number of rotatable bonds is 3. The second-order valence-electron chi connectivity index (χ2n) is 6.65. The molecule has 4 rings (SSSR count). The summed E-state index contributed by atoms with van der Waals surface area (Å²) in [5.74, 6) is 0.0840. The van der Waals surface area contributed by atoms with Crippen LogP contribution in [0.5, 0.6) is 5.75 Å². The van der Waals surface area contributed by atoms with Gasteiger partial charge < -0.3 is 10.4 Å². The Morgan fingerprint density at radius 3 is 2.62 bits per heavy atom. The van der Waals surface area contributed by atoms with Crippen molar-refractivity contribution < 1.29 is 9.90 Å². The van der Waals surface area contributed by atoms with Crippen molar-refractivity contribution in [2.75, 3.05) is 5.32 Å². The summed E-state index contributed by atoms with van der Waals surface area (Å²) in [6.45, 7) is 0. The summed E-state index contributed by atoms with van der Waals surface area (Å²) in [6.07, 6.45) is 5.27. The highest BCUT2D eigenvalue weighted by Crippen LogP contribution is 2.28. The molecule has 0 atom stereocenters. The number of benzene rings is 2. The van der Waals surface area contributed by atoms with Crippen molar-refractivity contribution in [3.8, 4) is 11.4 Å². The fraction of sp³-hybridized carbons (Fsp3) is 0.316. The molecule has 1 aromatic heterocycles. The Morgan fingerprint density at radius 2 is 1.85 bits per heavy atom. The van der Waals surface area contributed by atoms with Gasteiger partial charge in [0.05, 0.1) is 0 Å². The molecule has 1 aliphatic rings. The number of hydrogen-bond acceptors (Lipinski definition) is 4. The lowest BCUT2D eigenvalue weighted by atomic mass is 9.88. The van der Waals surface area contributed by atoms with Gasteiger partial charge in [-0.2, -0.15) is 0 Å². The quantitative estimate of drug-likeness (QED) is 0.720. The van der Waals surface area contributed by atoms with Crippen LogP contribution in [-0.4, -0.2) is 26.0 Å². The molecule has 134 valence electrons. The minimum atomic E-state index is -0.00199. The molecule has 2 N–H and O–H groups in total. The van der Waals surface area contributed by atoms with Gasteiger partial charge in [0.15, 0.2) is 0 Å². The van der Waals surface area contributed by atoms with E-state index in [9.17, 15) is 9.90 Å². The number of nitrogens with one attached hydrogen (secondary N) is 1. The maximum absolute atomic E-state index is 12.3. The van der Waals surface area contributed by atoms with Gasteiger partial charge in [0, 0.05) is 22.7 Å². The van der Waals surface area contributed by atoms with Crippen LogP contribution in [-0.2, 0) is 4.79 Å². The summed E-state index contributed by atoms with van der Waals surface area (Å²) >= 11 is 5.97. The highest BCUT2D eigenvalue weighted by molar-refractivity contribution is 6.31. The number of aromatic hydroxyl groups is 1. The van der Waals surface area contributed by atoms with Crippen LogP contribution < -0.4 is 5.32 Å². The van der Waals surface area contributed by atoms with E-state index in [-0.39, 0.29) is 17.6 Å². The van der Waals surface area contributed by atoms with E-state index in [0.717, 1.165) is 25.7 Å². The number of hydrogen-bond donors (Lipinski definition) is 2. The molecular formula is C19H19ClN4O2. The molecule has 1 aliphatic carbocycles. The summed E-state index contributed by atoms with van der Waals surface area (Å²) in [5, 5.41) is 22.5. The maximum Gasteiger partial charge on any atom is 0.227 e. The van der Waals surface area contributed by atoms with Crippen LogP contribution in [0.2, 0.25) is 5.02 Å². The van der Waals surface area contributed by atoms with Crippen LogP contribution in [0.25, 0.3) is 16.7 Å². The maximum atomic E-state index is 12.3. The van der Waals surface area contributed by atoms with Gasteiger partial charge in [0.25, 0.3) is 0 Å². The number of phenolic OH excluding ortho intramolecular Hbond substituents is 1. The van der Waals surface area contributed by atoms with Crippen LogP contribution in [0.1, 0.15) is 32.1 Å². The van der Waals surface area contributed by atoms with Gasteiger partial charge in [-0.1, -0.05) is 30.9 Å². The molecule has 1 amide bonds. The second kappa shape index (κ2) is 6.96. The summed E-state index contributed by atoms with van der Waals surface area (Å²) in [5.41, 5.74) is 2.34.